The maximum atomic E-state index is 5.98. The van der Waals surface area contributed by atoms with Crippen molar-refractivity contribution in [1.29, 1.82) is 0 Å². The zero-order chi connectivity index (χ0) is 17.2. The highest BCUT2D eigenvalue weighted by Gasteiger charge is 2.27. The van der Waals surface area contributed by atoms with Crippen LogP contribution in [0, 0.1) is 0 Å². The number of hydrazine groups is 1. The minimum atomic E-state index is 0.794. The smallest absolute Gasteiger partial charge is 0.119 e. The molecular weight excluding hydrogens is 334 g/mol. The molecule has 0 fully saturated rings. The van der Waals surface area contributed by atoms with Crippen LogP contribution in [0.1, 0.15) is 12.0 Å². The Morgan fingerprint density at radius 3 is 2.52 bits per heavy atom. The fraction of sp³-hybridized carbons (Fsp3) is 0.300. The first-order valence-corrected chi connectivity index (χ1v) is 8.95. The summed E-state index contributed by atoms with van der Waals surface area (Å²) >= 11 is 5.98. The molecule has 2 heterocycles. The molecule has 4 rings (SSSR count). The number of ether oxygens (including phenoxy) is 1. The van der Waals surface area contributed by atoms with E-state index < -0.39 is 0 Å². The molecule has 0 unspecified atom stereocenters. The van der Waals surface area contributed by atoms with Gasteiger partial charge in [-0.25, -0.2) is 0 Å². The molecule has 2 aliphatic rings. The van der Waals surface area contributed by atoms with Crippen molar-refractivity contribution >= 4 is 17.3 Å². The normalized spacial score (nSPS) is 17.4. The number of nitrogens with one attached hydrogen (secondary N) is 1. The van der Waals surface area contributed by atoms with Crippen LogP contribution in [0.25, 0.3) is 0 Å². The lowest BCUT2D eigenvalue weighted by molar-refractivity contribution is 0.277. The molecule has 0 aromatic heterocycles. The average molecular weight is 356 g/mol. The van der Waals surface area contributed by atoms with E-state index in [1.807, 2.05) is 24.3 Å². The van der Waals surface area contributed by atoms with E-state index in [-0.39, 0.29) is 0 Å². The molecule has 2 aromatic carbocycles. The lowest BCUT2D eigenvalue weighted by Gasteiger charge is -2.27. The molecule has 0 saturated heterocycles. The fourth-order valence-corrected chi connectivity index (χ4v) is 3.59. The van der Waals surface area contributed by atoms with Gasteiger partial charge in [-0.05, 0) is 47.5 Å². The van der Waals surface area contributed by atoms with Gasteiger partial charge in [0.2, 0.25) is 0 Å². The van der Waals surface area contributed by atoms with Gasteiger partial charge in [0.05, 0.1) is 19.3 Å². The van der Waals surface area contributed by atoms with Crippen LogP contribution < -0.4 is 15.2 Å². The minimum Gasteiger partial charge on any atom is -0.497 e. The molecule has 0 saturated carbocycles. The van der Waals surface area contributed by atoms with Gasteiger partial charge in [0.25, 0.3) is 0 Å². The lowest BCUT2D eigenvalue weighted by atomic mass is 10.1. The van der Waals surface area contributed by atoms with Crippen molar-refractivity contribution in [1.82, 2.24) is 10.3 Å². The topological polar surface area (TPSA) is 27.7 Å². The Labute approximate surface area is 153 Å². The van der Waals surface area contributed by atoms with E-state index in [1.165, 1.54) is 22.5 Å². The molecule has 1 N–H and O–H groups in total. The Morgan fingerprint density at radius 1 is 1.04 bits per heavy atom. The Kier molecular flexibility index (Phi) is 4.55. The molecule has 2 aliphatic heterocycles. The van der Waals surface area contributed by atoms with Crippen LogP contribution in [0.2, 0.25) is 5.02 Å². The van der Waals surface area contributed by atoms with Crippen LogP contribution in [0.15, 0.2) is 59.8 Å². The Hall–Kier alpha value is -2.17. The molecule has 0 amide bonds. The van der Waals surface area contributed by atoms with Crippen molar-refractivity contribution in [3.8, 4) is 5.75 Å². The zero-order valence-electron chi connectivity index (χ0n) is 14.3. The molecule has 0 spiro atoms. The summed E-state index contributed by atoms with van der Waals surface area (Å²) in [6, 6.07) is 16.3. The summed E-state index contributed by atoms with van der Waals surface area (Å²) in [4.78, 5) is 2.50. The van der Waals surface area contributed by atoms with E-state index in [0.717, 1.165) is 43.4 Å². The first-order valence-electron chi connectivity index (χ1n) is 8.57. The molecule has 4 nitrogen and oxygen atoms in total. The van der Waals surface area contributed by atoms with Crippen LogP contribution >= 0.6 is 11.6 Å². The van der Waals surface area contributed by atoms with Crippen LogP contribution in [-0.2, 0) is 6.54 Å². The van der Waals surface area contributed by atoms with Crippen LogP contribution in [-0.4, -0.2) is 31.6 Å². The maximum Gasteiger partial charge on any atom is 0.119 e. The molecule has 0 aliphatic carbocycles. The molecule has 130 valence electrons. The van der Waals surface area contributed by atoms with E-state index in [2.05, 4.69) is 39.6 Å². The van der Waals surface area contributed by atoms with Gasteiger partial charge in [-0.1, -0.05) is 23.7 Å². The SMILES string of the molecule is COc1ccc(N2CC3=C(CCN(Cc4ccc(Cl)cc4)C3)N2)cc1. The van der Waals surface area contributed by atoms with Crippen molar-refractivity contribution in [2.75, 3.05) is 31.8 Å². The number of hydrogen-bond donors (Lipinski definition) is 1. The van der Waals surface area contributed by atoms with Crippen LogP contribution in [0.5, 0.6) is 5.75 Å². The van der Waals surface area contributed by atoms with Gasteiger partial charge >= 0.3 is 0 Å². The molecule has 2 aromatic rings. The summed E-state index contributed by atoms with van der Waals surface area (Å²) in [6.45, 7) is 3.98. The predicted molar refractivity (Wildman–Crippen MR) is 102 cm³/mol. The molecule has 25 heavy (non-hydrogen) atoms. The second-order valence-corrected chi connectivity index (χ2v) is 7.00. The van der Waals surface area contributed by atoms with Crippen molar-refractivity contribution in [3.05, 3.63) is 70.4 Å². The minimum absolute atomic E-state index is 0.794. The third kappa shape index (κ3) is 3.60. The highest BCUT2D eigenvalue weighted by Crippen LogP contribution is 2.28. The van der Waals surface area contributed by atoms with Crippen LogP contribution in [0.3, 0.4) is 0 Å². The predicted octanol–water partition coefficient (Wildman–Crippen LogP) is 3.83. The van der Waals surface area contributed by atoms with Gasteiger partial charge in [-0.2, -0.15) is 0 Å². The third-order valence-corrected chi connectivity index (χ3v) is 5.09. The third-order valence-electron chi connectivity index (χ3n) is 4.84. The Bertz CT molecular complexity index is 771. The maximum absolute atomic E-state index is 5.98. The summed E-state index contributed by atoms with van der Waals surface area (Å²) in [5.74, 6) is 0.884. The number of methoxy groups -OCH3 is 1. The number of rotatable bonds is 4. The molecule has 0 radical (unpaired) electrons. The Morgan fingerprint density at radius 2 is 1.80 bits per heavy atom. The fourth-order valence-electron chi connectivity index (χ4n) is 3.47. The largest absolute Gasteiger partial charge is 0.497 e. The number of hydrogen-bond acceptors (Lipinski definition) is 4. The number of halogens is 1. The summed E-state index contributed by atoms with van der Waals surface area (Å²) in [5, 5.41) is 3.01. The summed E-state index contributed by atoms with van der Waals surface area (Å²) < 4.78 is 5.24. The molecule has 0 atom stereocenters. The van der Waals surface area contributed by atoms with Gasteiger partial charge in [0, 0.05) is 36.8 Å². The lowest BCUT2D eigenvalue weighted by Crippen LogP contribution is -2.32. The second kappa shape index (κ2) is 6.98. The van der Waals surface area contributed by atoms with Gasteiger partial charge in [0.1, 0.15) is 5.75 Å². The first-order chi connectivity index (χ1) is 12.2. The molecule has 5 heteroatoms. The van der Waals surface area contributed by atoms with Crippen molar-refractivity contribution in [3.63, 3.8) is 0 Å². The van der Waals surface area contributed by atoms with E-state index in [1.54, 1.807) is 7.11 Å². The Balaban J connectivity index is 1.39. The standard InChI is InChI=1S/C20H22ClN3O/c1-25-19-8-6-18(7-9-19)24-14-16-13-23(11-10-20(16)22-24)12-15-2-4-17(21)5-3-15/h2-9,22H,10-14H2,1H3. The van der Waals surface area contributed by atoms with Gasteiger partial charge in [0.15, 0.2) is 0 Å². The second-order valence-electron chi connectivity index (χ2n) is 6.57. The van der Waals surface area contributed by atoms with Crippen molar-refractivity contribution in [2.45, 2.75) is 13.0 Å². The summed E-state index contributed by atoms with van der Waals surface area (Å²) in [7, 11) is 1.69. The molecular formula is C20H22ClN3O. The van der Waals surface area contributed by atoms with Gasteiger partial charge < -0.3 is 10.2 Å². The quantitative estimate of drug-likeness (QED) is 0.902. The average Bonchev–Trinajstić information content (AvgIpc) is 3.07. The molecule has 0 bridgehead atoms. The number of benzene rings is 2. The van der Waals surface area contributed by atoms with Crippen molar-refractivity contribution in [2.24, 2.45) is 0 Å². The number of anilines is 1. The highest BCUT2D eigenvalue weighted by molar-refractivity contribution is 6.30. The summed E-state index contributed by atoms with van der Waals surface area (Å²) in [6.07, 6.45) is 1.07. The van der Waals surface area contributed by atoms with Gasteiger partial charge in [-0.3, -0.25) is 9.91 Å². The first kappa shape index (κ1) is 16.3. The monoisotopic (exact) mass is 355 g/mol. The van der Waals surface area contributed by atoms with E-state index in [9.17, 15) is 0 Å². The number of nitrogens with zero attached hydrogens (tertiary/aromatic N) is 2. The van der Waals surface area contributed by atoms with E-state index >= 15 is 0 Å². The van der Waals surface area contributed by atoms with Crippen LogP contribution in [0.4, 0.5) is 5.69 Å². The van der Waals surface area contributed by atoms with Gasteiger partial charge in [-0.15, -0.1) is 0 Å². The zero-order valence-corrected chi connectivity index (χ0v) is 15.1. The highest BCUT2D eigenvalue weighted by atomic mass is 35.5. The van der Waals surface area contributed by atoms with E-state index in [4.69, 9.17) is 16.3 Å². The van der Waals surface area contributed by atoms with Crippen molar-refractivity contribution < 1.29 is 4.74 Å². The van der Waals surface area contributed by atoms with E-state index in [0.29, 0.717) is 0 Å². The summed E-state index contributed by atoms with van der Waals surface area (Å²) in [5.41, 5.74) is 8.90.